The lowest BCUT2D eigenvalue weighted by atomic mass is 9.83. The Bertz CT molecular complexity index is 1530. The number of aryl methyl sites for hydroxylation is 1. The molecule has 2 heterocycles. The Morgan fingerprint density at radius 2 is 1.68 bits per heavy atom. The summed E-state index contributed by atoms with van der Waals surface area (Å²) in [5.41, 5.74) is 3.20. The van der Waals surface area contributed by atoms with Crippen LogP contribution in [0, 0.1) is 6.92 Å². The van der Waals surface area contributed by atoms with Gasteiger partial charge < -0.3 is 19.5 Å². The van der Waals surface area contributed by atoms with E-state index in [2.05, 4.69) is 24.4 Å². The van der Waals surface area contributed by atoms with Gasteiger partial charge in [-0.05, 0) is 54.7 Å². The summed E-state index contributed by atoms with van der Waals surface area (Å²) < 4.78 is 7.55. The van der Waals surface area contributed by atoms with Crippen LogP contribution in [0.4, 0.5) is 0 Å². The molecule has 0 saturated heterocycles. The molecule has 6 nitrogen and oxygen atoms in total. The van der Waals surface area contributed by atoms with Crippen molar-refractivity contribution in [2.24, 2.45) is 0 Å². The number of nitrogens with one attached hydrogen (secondary N) is 1. The molecule has 3 aromatic carbocycles. The molecule has 206 valence electrons. The van der Waals surface area contributed by atoms with E-state index >= 15 is 0 Å². The number of amides is 2. The van der Waals surface area contributed by atoms with Crippen LogP contribution >= 0.6 is 0 Å². The van der Waals surface area contributed by atoms with Crippen LogP contribution in [0.1, 0.15) is 65.7 Å². The third kappa shape index (κ3) is 4.55. The average Bonchev–Trinajstić information content (AvgIpc) is 3.14. The molecular weight excluding hydrogens is 498 g/mol. The molecule has 2 amide bonds. The smallest absolute Gasteiger partial charge is 0.272 e. The van der Waals surface area contributed by atoms with Crippen LogP contribution in [0.15, 0.2) is 78.9 Å². The van der Waals surface area contributed by atoms with Gasteiger partial charge in [-0.2, -0.15) is 0 Å². The quantitative estimate of drug-likeness (QED) is 0.293. The molecule has 1 aliphatic heterocycles. The minimum atomic E-state index is -1.23. The van der Waals surface area contributed by atoms with Crippen LogP contribution in [0.2, 0.25) is 0 Å². The van der Waals surface area contributed by atoms with E-state index in [0.29, 0.717) is 18.8 Å². The topological polar surface area (TPSA) is 63.6 Å². The Morgan fingerprint density at radius 3 is 2.40 bits per heavy atom. The highest BCUT2D eigenvalue weighted by Crippen LogP contribution is 2.41. The van der Waals surface area contributed by atoms with Crippen LogP contribution in [0.25, 0.3) is 10.9 Å². The maximum atomic E-state index is 14.8. The van der Waals surface area contributed by atoms with E-state index in [1.807, 2.05) is 76.2 Å². The highest BCUT2D eigenvalue weighted by molar-refractivity contribution is 6.04. The Balaban J connectivity index is 1.55. The number of methoxy groups -OCH3 is 1. The Hall–Kier alpha value is -4.06. The van der Waals surface area contributed by atoms with Crippen LogP contribution in [0.5, 0.6) is 5.75 Å². The SMILES string of the molecule is COc1ccc2cc3n(c2c1)CC(C(=O)NC1CCCCCC1)(c1ccccc1)N(Cc1ccccc1C)C3=O. The molecule has 4 aromatic rings. The molecule has 1 fully saturated rings. The van der Waals surface area contributed by atoms with Crippen LogP contribution in [0.3, 0.4) is 0 Å². The first kappa shape index (κ1) is 26.2. The zero-order valence-corrected chi connectivity index (χ0v) is 23.4. The second kappa shape index (κ2) is 10.8. The molecule has 0 bridgehead atoms. The first-order valence-corrected chi connectivity index (χ1v) is 14.4. The summed E-state index contributed by atoms with van der Waals surface area (Å²) in [6, 6.07) is 25.9. The van der Waals surface area contributed by atoms with E-state index < -0.39 is 5.54 Å². The van der Waals surface area contributed by atoms with Gasteiger partial charge in [0.25, 0.3) is 11.8 Å². The van der Waals surface area contributed by atoms with E-state index in [4.69, 9.17) is 4.74 Å². The average molecular weight is 536 g/mol. The van der Waals surface area contributed by atoms with Crippen LogP contribution in [-0.4, -0.2) is 34.4 Å². The standard InChI is InChI=1S/C34H37N3O3/c1-24-12-10-11-13-26(24)22-37-32(38)31-20-25-18-19-29(40-2)21-30(25)36(31)23-34(37,27-14-6-5-7-15-27)33(39)35-28-16-8-3-4-9-17-28/h5-7,10-15,18-21,28H,3-4,8-9,16-17,22-23H2,1-2H3,(H,35,39). The van der Waals surface area contributed by atoms with Gasteiger partial charge in [0, 0.05) is 24.0 Å². The first-order chi connectivity index (χ1) is 19.5. The van der Waals surface area contributed by atoms with Gasteiger partial charge in [0.2, 0.25) is 0 Å². The number of aromatic nitrogens is 1. The maximum Gasteiger partial charge on any atom is 0.272 e. The first-order valence-electron chi connectivity index (χ1n) is 14.4. The molecule has 0 spiro atoms. The number of hydrogen-bond acceptors (Lipinski definition) is 3. The second-order valence-corrected chi connectivity index (χ2v) is 11.2. The van der Waals surface area contributed by atoms with Crippen molar-refractivity contribution in [2.75, 3.05) is 7.11 Å². The third-order valence-electron chi connectivity index (χ3n) is 8.83. The van der Waals surface area contributed by atoms with Crippen molar-refractivity contribution in [3.63, 3.8) is 0 Å². The van der Waals surface area contributed by atoms with E-state index in [0.717, 1.165) is 59.0 Å². The predicted molar refractivity (Wildman–Crippen MR) is 157 cm³/mol. The van der Waals surface area contributed by atoms with Crippen molar-refractivity contribution < 1.29 is 14.3 Å². The number of carbonyl (C=O) groups excluding carboxylic acids is 2. The summed E-state index contributed by atoms with van der Waals surface area (Å²) in [7, 11) is 1.64. The van der Waals surface area contributed by atoms with Gasteiger partial charge in [-0.3, -0.25) is 9.59 Å². The monoisotopic (exact) mass is 535 g/mol. The Morgan fingerprint density at radius 1 is 0.950 bits per heavy atom. The van der Waals surface area contributed by atoms with E-state index in [1.165, 1.54) is 12.8 Å². The number of benzene rings is 3. The number of rotatable bonds is 6. The minimum absolute atomic E-state index is 0.105. The second-order valence-electron chi connectivity index (χ2n) is 11.2. The molecule has 1 saturated carbocycles. The van der Waals surface area contributed by atoms with Gasteiger partial charge >= 0.3 is 0 Å². The molecule has 1 aliphatic carbocycles. The van der Waals surface area contributed by atoms with E-state index in [1.54, 1.807) is 7.11 Å². The Labute approximate surface area is 235 Å². The van der Waals surface area contributed by atoms with Gasteiger partial charge in [0.15, 0.2) is 5.54 Å². The fraction of sp³-hybridized carbons (Fsp3) is 0.353. The summed E-state index contributed by atoms with van der Waals surface area (Å²) in [4.78, 5) is 31.2. The van der Waals surface area contributed by atoms with Gasteiger partial charge in [-0.1, -0.05) is 80.3 Å². The van der Waals surface area contributed by atoms with Gasteiger partial charge in [0.05, 0.1) is 19.2 Å². The largest absolute Gasteiger partial charge is 0.497 e. The lowest BCUT2D eigenvalue weighted by Gasteiger charge is -2.47. The van der Waals surface area contributed by atoms with Gasteiger partial charge in [-0.25, -0.2) is 0 Å². The normalized spacial score (nSPS) is 19.8. The number of nitrogens with zero attached hydrogens (tertiary/aromatic N) is 2. The zero-order chi connectivity index (χ0) is 27.7. The predicted octanol–water partition coefficient (Wildman–Crippen LogP) is 6.35. The van der Waals surface area contributed by atoms with Crippen molar-refractivity contribution in [3.05, 3.63) is 101 Å². The minimum Gasteiger partial charge on any atom is -0.497 e. The van der Waals surface area contributed by atoms with Crippen molar-refractivity contribution in [1.29, 1.82) is 0 Å². The maximum absolute atomic E-state index is 14.8. The third-order valence-corrected chi connectivity index (χ3v) is 8.83. The summed E-state index contributed by atoms with van der Waals surface area (Å²) >= 11 is 0. The fourth-order valence-electron chi connectivity index (χ4n) is 6.51. The van der Waals surface area contributed by atoms with Crippen molar-refractivity contribution in [1.82, 2.24) is 14.8 Å². The summed E-state index contributed by atoms with van der Waals surface area (Å²) in [5.74, 6) is 0.462. The fourth-order valence-corrected chi connectivity index (χ4v) is 6.51. The highest BCUT2D eigenvalue weighted by Gasteiger charge is 2.53. The molecule has 2 aliphatic rings. The summed E-state index contributed by atoms with van der Waals surface area (Å²) in [5, 5.41) is 4.39. The molecular formula is C34H37N3O3. The van der Waals surface area contributed by atoms with Gasteiger partial charge in [0.1, 0.15) is 11.4 Å². The van der Waals surface area contributed by atoms with Crippen LogP contribution < -0.4 is 10.1 Å². The number of carbonyl (C=O) groups is 2. The Kier molecular flexibility index (Phi) is 7.09. The lowest BCUT2D eigenvalue weighted by molar-refractivity contribution is -0.136. The molecule has 1 N–H and O–H groups in total. The molecule has 6 heteroatoms. The van der Waals surface area contributed by atoms with E-state index in [9.17, 15) is 9.59 Å². The highest BCUT2D eigenvalue weighted by atomic mass is 16.5. The molecule has 40 heavy (non-hydrogen) atoms. The van der Waals surface area contributed by atoms with Gasteiger partial charge in [-0.15, -0.1) is 0 Å². The summed E-state index contributed by atoms with van der Waals surface area (Å²) in [6.45, 7) is 2.71. The van der Waals surface area contributed by atoms with Crippen LogP contribution in [-0.2, 0) is 23.4 Å². The van der Waals surface area contributed by atoms with Crippen molar-refractivity contribution in [2.45, 2.75) is 70.1 Å². The zero-order valence-electron chi connectivity index (χ0n) is 23.4. The number of fused-ring (bicyclic) bond motifs is 3. The number of ether oxygens (including phenoxy) is 1. The molecule has 1 aromatic heterocycles. The molecule has 6 rings (SSSR count). The van der Waals surface area contributed by atoms with Crippen molar-refractivity contribution >= 4 is 22.7 Å². The molecule has 0 radical (unpaired) electrons. The molecule has 1 atom stereocenters. The van der Waals surface area contributed by atoms with Crippen molar-refractivity contribution in [3.8, 4) is 5.75 Å². The summed E-state index contributed by atoms with van der Waals surface area (Å²) in [6.07, 6.45) is 6.57. The number of hydrogen-bond donors (Lipinski definition) is 1. The van der Waals surface area contributed by atoms with E-state index in [-0.39, 0.29) is 17.9 Å². The molecule has 1 unspecified atom stereocenters. The lowest BCUT2D eigenvalue weighted by Crippen LogP contribution is -2.64.